The fourth-order valence-electron chi connectivity index (χ4n) is 4.07. The number of carbonyl (C=O) groups is 3. The summed E-state index contributed by atoms with van der Waals surface area (Å²) in [6.07, 6.45) is 3.72. The third-order valence-corrected chi connectivity index (χ3v) is 5.85. The summed E-state index contributed by atoms with van der Waals surface area (Å²) in [5, 5.41) is 3.81. The molecule has 0 fully saturated rings. The maximum absolute atomic E-state index is 13.3. The number of esters is 2. The topological polar surface area (TPSA) is 101 Å². The van der Waals surface area contributed by atoms with Gasteiger partial charge in [0.25, 0.3) is 0 Å². The predicted octanol–water partition coefficient (Wildman–Crippen LogP) is 5.12. The van der Waals surface area contributed by atoms with Gasteiger partial charge in [0.2, 0.25) is 0 Å². The second-order valence-corrected chi connectivity index (χ2v) is 8.20. The molecule has 8 nitrogen and oxygen atoms in total. The second-order valence-electron chi connectivity index (χ2n) is 8.20. The quantitative estimate of drug-likeness (QED) is 0.365. The highest BCUT2D eigenvalue weighted by molar-refractivity contribution is 6.18. The van der Waals surface area contributed by atoms with Crippen LogP contribution in [-0.4, -0.2) is 47.6 Å². The summed E-state index contributed by atoms with van der Waals surface area (Å²) in [4.78, 5) is 43.4. The van der Waals surface area contributed by atoms with Gasteiger partial charge in [0.15, 0.2) is 0 Å². The predicted molar refractivity (Wildman–Crippen MR) is 134 cm³/mol. The van der Waals surface area contributed by atoms with Gasteiger partial charge in [-0.25, -0.2) is 14.4 Å². The van der Waals surface area contributed by atoms with Crippen LogP contribution in [0.2, 0.25) is 0 Å². The molecule has 2 amide bonds. The number of aromatic nitrogens is 1. The molecule has 0 radical (unpaired) electrons. The maximum atomic E-state index is 13.3. The SMILES string of the molecule is CCCCOC(=O)c1ccccc1NC(=O)N1C=C(C(=O)OCC)c2[nH]c3ccccc3c2CC1. The molecular weight excluding hydrogens is 446 g/mol. The molecular formula is C27H29N3O5. The first kappa shape index (κ1) is 24.1. The summed E-state index contributed by atoms with van der Waals surface area (Å²) in [5.74, 6) is -1.01. The fraction of sp³-hybridized carbons (Fsp3) is 0.296. The maximum Gasteiger partial charge on any atom is 0.341 e. The highest BCUT2D eigenvalue weighted by Crippen LogP contribution is 2.31. The van der Waals surface area contributed by atoms with Crippen molar-refractivity contribution in [2.45, 2.75) is 33.1 Å². The molecule has 0 saturated heterocycles. The second kappa shape index (κ2) is 10.9. The molecule has 1 aromatic heterocycles. The molecule has 182 valence electrons. The van der Waals surface area contributed by atoms with Crippen LogP contribution in [0.4, 0.5) is 10.5 Å². The Morgan fingerprint density at radius 1 is 1.00 bits per heavy atom. The van der Waals surface area contributed by atoms with E-state index in [1.54, 1.807) is 31.2 Å². The van der Waals surface area contributed by atoms with Crippen molar-refractivity contribution in [3.8, 4) is 0 Å². The zero-order chi connectivity index (χ0) is 24.8. The van der Waals surface area contributed by atoms with Crippen LogP contribution in [0.3, 0.4) is 0 Å². The molecule has 35 heavy (non-hydrogen) atoms. The van der Waals surface area contributed by atoms with Crippen LogP contribution in [0.15, 0.2) is 54.7 Å². The van der Waals surface area contributed by atoms with Crippen LogP contribution < -0.4 is 5.32 Å². The van der Waals surface area contributed by atoms with E-state index in [0.29, 0.717) is 31.0 Å². The van der Waals surface area contributed by atoms with E-state index in [9.17, 15) is 14.4 Å². The van der Waals surface area contributed by atoms with Crippen LogP contribution >= 0.6 is 0 Å². The molecule has 1 aliphatic rings. The van der Waals surface area contributed by atoms with Crippen LogP contribution in [0.5, 0.6) is 0 Å². The Labute approximate surface area is 203 Å². The van der Waals surface area contributed by atoms with Gasteiger partial charge in [-0.3, -0.25) is 4.90 Å². The summed E-state index contributed by atoms with van der Waals surface area (Å²) in [5.41, 5.74) is 3.42. The van der Waals surface area contributed by atoms with E-state index in [0.717, 1.165) is 29.3 Å². The average Bonchev–Trinajstić information content (AvgIpc) is 3.11. The van der Waals surface area contributed by atoms with Crippen molar-refractivity contribution in [1.29, 1.82) is 0 Å². The zero-order valence-electron chi connectivity index (χ0n) is 19.9. The van der Waals surface area contributed by atoms with Crippen molar-refractivity contribution in [1.82, 2.24) is 9.88 Å². The Bertz CT molecular complexity index is 1280. The number of rotatable bonds is 7. The summed E-state index contributed by atoms with van der Waals surface area (Å²) < 4.78 is 10.6. The van der Waals surface area contributed by atoms with Gasteiger partial charge in [-0.15, -0.1) is 0 Å². The third kappa shape index (κ3) is 5.21. The number of ether oxygens (including phenoxy) is 2. The van der Waals surface area contributed by atoms with Crippen molar-refractivity contribution in [2.24, 2.45) is 0 Å². The normalized spacial score (nSPS) is 13.0. The van der Waals surface area contributed by atoms with E-state index >= 15 is 0 Å². The van der Waals surface area contributed by atoms with Gasteiger partial charge in [-0.1, -0.05) is 43.7 Å². The zero-order valence-corrected chi connectivity index (χ0v) is 19.9. The van der Waals surface area contributed by atoms with Crippen molar-refractivity contribution in [3.05, 3.63) is 71.6 Å². The van der Waals surface area contributed by atoms with E-state index in [4.69, 9.17) is 9.47 Å². The summed E-state index contributed by atoms with van der Waals surface area (Å²) >= 11 is 0. The Kier molecular flexibility index (Phi) is 7.50. The molecule has 2 N–H and O–H groups in total. The smallest absolute Gasteiger partial charge is 0.341 e. The average molecular weight is 476 g/mol. The monoisotopic (exact) mass is 475 g/mol. The molecule has 0 saturated carbocycles. The van der Waals surface area contributed by atoms with E-state index in [1.165, 1.54) is 11.1 Å². The first-order valence-electron chi connectivity index (χ1n) is 11.9. The van der Waals surface area contributed by atoms with Crippen LogP contribution in [0, 0.1) is 0 Å². The molecule has 1 aliphatic heterocycles. The molecule has 0 unspecified atom stereocenters. The van der Waals surface area contributed by atoms with E-state index in [2.05, 4.69) is 10.3 Å². The molecule has 4 rings (SSSR count). The standard InChI is InChI=1S/C27H29N3O5/c1-3-5-16-35-25(31)20-11-7-9-13-23(20)29-27(33)30-15-14-19-18-10-6-8-12-22(18)28-24(19)21(17-30)26(32)34-4-2/h6-13,17,28H,3-5,14-16H2,1-2H3,(H,29,33). The Morgan fingerprint density at radius 2 is 1.77 bits per heavy atom. The van der Waals surface area contributed by atoms with Gasteiger partial charge in [0, 0.05) is 23.6 Å². The van der Waals surface area contributed by atoms with Gasteiger partial charge in [-0.2, -0.15) is 0 Å². The number of amides is 2. The highest BCUT2D eigenvalue weighted by Gasteiger charge is 2.27. The van der Waals surface area contributed by atoms with Gasteiger partial charge in [-0.05, 0) is 43.5 Å². The van der Waals surface area contributed by atoms with Gasteiger partial charge < -0.3 is 19.8 Å². The number of anilines is 1. The number of fused-ring (bicyclic) bond motifs is 3. The number of H-pyrrole nitrogens is 1. The van der Waals surface area contributed by atoms with Crippen LogP contribution in [-0.2, 0) is 20.7 Å². The Hall–Kier alpha value is -4.07. The number of unbranched alkanes of at least 4 members (excludes halogenated alkanes) is 1. The van der Waals surface area contributed by atoms with E-state index < -0.39 is 18.0 Å². The molecule has 0 spiro atoms. The Balaban J connectivity index is 1.62. The van der Waals surface area contributed by atoms with Gasteiger partial charge in [0.1, 0.15) is 0 Å². The highest BCUT2D eigenvalue weighted by atomic mass is 16.5. The largest absolute Gasteiger partial charge is 0.462 e. The minimum Gasteiger partial charge on any atom is -0.462 e. The molecule has 0 aliphatic carbocycles. The Morgan fingerprint density at radius 3 is 2.57 bits per heavy atom. The number of para-hydroxylation sites is 2. The molecule has 2 heterocycles. The van der Waals surface area contributed by atoms with Gasteiger partial charge >= 0.3 is 18.0 Å². The number of aromatic amines is 1. The number of carbonyl (C=O) groups excluding carboxylic acids is 3. The lowest BCUT2D eigenvalue weighted by atomic mass is 10.0. The van der Waals surface area contributed by atoms with Crippen LogP contribution in [0.1, 0.15) is 48.3 Å². The molecule has 0 atom stereocenters. The van der Waals surface area contributed by atoms with Crippen molar-refractivity contribution in [2.75, 3.05) is 25.1 Å². The summed E-state index contributed by atoms with van der Waals surface area (Å²) in [7, 11) is 0. The first-order chi connectivity index (χ1) is 17.0. The van der Waals surface area contributed by atoms with E-state index in [1.807, 2.05) is 31.2 Å². The molecule has 8 heteroatoms. The first-order valence-corrected chi connectivity index (χ1v) is 11.9. The number of nitrogens with zero attached hydrogens (tertiary/aromatic N) is 1. The number of hydrogen-bond donors (Lipinski definition) is 2. The van der Waals surface area contributed by atoms with E-state index in [-0.39, 0.29) is 17.7 Å². The minimum atomic E-state index is -0.514. The summed E-state index contributed by atoms with van der Waals surface area (Å²) in [6.45, 7) is 4.63. The van der Waals surface area contributed by atoms with Gasteiger partial charge in [0.05, 0.1) is 35.7 Å². The fourth-order valence-corrected chi connectivity index (χ4v) is 4.07. The number of hydrogen-bond acceptors (Lipinski definition) is 5. The van der Waals surface area contributed by atoms with Crippen LogP contribution in [0.25, 0.3) is 16.5 Å². The lowest BCUT2D eigenvalue weighted by molar-refractivity contribution is -0.136. The van der Waals surface area contributed by atoms with Crippen molar-refractivity contribution >= 4 is 40.1 Å². The number of nitrogens with one attached hydrogen (secondary N) is 2. The third-order valence-electron chi connectivity index (χ3n) is 5.85. The molecule has 0 bridgehead atoms. The number of urea groups is 1. The molecule has 3 aromatic rings. The lowest BCUT2D eigenvalue weighted by Crippen LogP contribution is -2.32. The minimum absolute atomic E-state index is 0.214. The summed E-state index contributed by atoms with van der Waals surface area (Å²) in [6, 6.07) is 14.1. The molecule has 2 aromatic carbocycles. The number of benzene rings is 2. The lowest BCUT2D eigenvalue weighted by Gasteiger charge is -2.19. The van der Waals surface area contributed by atoms with Crippen molar-refractivity contribution in [3.63, 3.8) is 0 Å². The van der Waals surface area contributed by atoms with Crippen molar-refractivity contribution < 1.29 is 23.9 Å².